The average molecular weight is 323 g/mol. The maximum absolute atomic E-state index is 11.9. The third-order valence-corrected chi connectivity index (χ3v) is 3.13. The van der Waals surface area contributed by atoms with Gasteiger partial charge in [0.05, 0.1) is 19.2 Å². The van der Waals surface area contributed by atoms with E-state index in [1.54, 1.807) is 36.4 Å². The minimum atomic E-state index is -1.10. The molecule has 6 nitrogen and oxygen atoms in total. The van der Waals surface area contributed by atoms with Gasteiger partial charge in [-0.1, -0.05) is 17.7 Å². The van der Waals surface area contributed by atoms with Crippen molar-refractivity contribution in [2.24, 2.45) is 0 Å². The van der Waals surface area contributed by atoms with Gasteiger partial charge in [0, 0.05) is 10.7 Å². The van der Waals surface area contributed by atoms with Gasteiger partial charge in [-0.3, -0.25) is 14.9 Å². The highest BCUT2D eigenvalue weighted by molar-refractivity contribution is 6.30. The Morgan fingerprint density at radius 3 is 2.73 bits per heavy atom. The quantitative estimate of drug-likeness (QED) is 0.728. The summed E-state index contributed by atoms with van der Waals surface area (Å²) in [7, 11) is 0. The minimum Gasteiger partial charge on any atom is -0.480 e. The van der Waals surface area contributed by atoms with E-state index in [4.69, 9.17) is 21.1 Å². The number of amides is 1. The summed E-state index contributed by atoms with van der Waals surface area (Å²) in [4.78, 5) is 23.1. The molecule has 1 atom stereocenters. The van der Waals surface area contributed by atoms with Crippen molar-refractivity contribution in [3.05, 3.63) is 53.4 Å². The van der Waals surface area contributed by atoms with Gasteiger partial charge < -0.3 is 14.8 Å². The largest absolute Gasteiger partial charge is 0.480 e. The van der Waals surface area contributed by atoms with Crippen LogP contribution in [0.2, 0.25) is 5.02 Å². The molecule has 22 heavy (non-hydrogen) atoms. The summed E-state index contributed by atoms with van der Waals surface area (Å²) < 4.78 is 5.11. The van der Waals surface area contributed by atoms with E-state index in [0.29, 0.717) is 16.5 Å². The number of rotatable bonds is 7. The number of hydrogen-bond donors (Lipinski definition) is 3. The zero-order valence-corrected chi connectivity index (χ0v) is 12.3. The monoisotopic (exact) mass is 322 g/mol. The molecule has 116 valence electrons. The Bertz CT molecular complexity index is 643. The van der Waals surface area contributed by atoms with E-state index in [-0.39, 0.29) is 13.0 Å². The molecule has 1 heterocycles. The second-order valence-electron chi connectivity index (χ2n) is 4.61. The summed E-state index contributed by atoms with van der Waals surface area (Å²) in [6.07, 6.45) is 1.29. The molecular weight excluding hydrogens is 308 g/mol. The number of aliphatic carboxylic acids is 1. The Morgan fingerprint density at radius 2 is 2.09 bits per heavy atom. The average Bonchev–Trinajstić information content (AvgIpc) is 2.96. The van der Waals surface area contributed by atoms with Crippen LogP contribution in [0.25, 0.3) is 0 Å². The van der Waals surface area contributed by atoms with Crippen molar-refractivity contribution in [1.29, 1.82) is 0 Å². The number of carbonyl (C=O) groups excluding carboxylic acids is 1. The third-order valence-electron chi connectivity index (χ3n) is 2.90. The van der Waals surface area contributed by atoms with E-state index < -0.39 is 17.9 Å². The van der Waals surface area contributed by atoms with Crippen molar-refractivity contribution < 1.29 is 19.1 Å². The van der Waals surface area contributed by atoms with Crippen LogP contribution in [0.5, 0.6) is 0 Å². The van der Waals surface area contributed by atoms with E-state index >= 15 is 0 Å². The maximum atomic E-state index is 11.9. The van der Waals surface area contributed by atoms with Crippen LogP contribution in [0.1, 0.15) is 12.2 Å². The molecule has 1 unspecified atom stereocenters. The number of carboxylic acids is 1. The second kappa shape index (κ2) is 7.63. The highest BCUT2D eigenvalue weighted by Gasteiger charge is 2.21. The van der Waals surface area contributed by atoms with Gasteiger partial charge in [-0.15, -0.1) is 0 Å². The van der Waals surface area contributed by atoms with Crippen molar-refractivity contribution in [2.75, 3.05) is 5.32 Å². The number of hydrogen-bond acceptors (Lipinski definition) is 4. The van der Waals surface area contributed by atoms with Crippen molar-refractivity contribution in [1.82, 2.24) is 5.32 Å². The van der Waals surface area contributed by atoms with Gasteiger partial charge in [-0.2, -0.15) is 0 Å². The maximum Gasteiger partial charge on any atom is 0.321 e. The van der Waals surface area contributed by atoms with Crippen LogP contribution in [-0.4, -0.2) is 23.0 Å². The lowest BCUT2D eigenvalue weighted by Crippen LogP contribution is -2.39. The van der Waals surface area contributed by atoms with Crippen LogP contribution in [-0.2, 0) is 16.1 Å². The van der Waals surface area contributed by atoms with Crippen molar-refractivity contribution in [2.45, 2.75) is 19.0 Å². The molecule has 7 heteroatoms. The fraction of sp³-hybridized carbons (Fsp3) is 0.200. The van der Waals surface area contributed by atoms with Crippen molar-refractivity contribution in [3.8, 4) is 0 Å². The molecule has 0 fully saturated rings. The molecule has 1 aromatic heterocycles. The first-order valence-electron chi connectivity index (χ1n) is 6.58. The molecule has 2 aromatic rings. The summed E-state index contributed by atoms with van der Waals surface area (Å²) in [5.74, 6) is -0.920. The molecule has 1 aromatic carbocycles. The number of halogens is 1. The summed E-state index contributed by atoms with van der Waals surface area (Å²) in [5.41, 5.74) is 0.521. The van der Waals surface area contributed by atoms with Gasteiger partial charge in [-0.25, -0.2) is 0 Å². The molecule has 0 aliphatic rings. The van der Waals surface area contributed by atoms with Crippen LogP contribution in [0.15, 0.2) is 47.1 Å². The Labute approximate surface area is 132 Å². The second-order valence-corrected chi connectivity index (χ2v) is 5.05. The highest BCUT2D eigenvalue weighted by atomic mass is 35.5. The summed E-state index contributed by atoms with van der Waals surface area (Å²) in [6, 6.07) is 9.06. The fourth-order valence-electron chi connectivity index (χ4n) is 1.85. The molecule has 3 N–H and O–H groups in total. The fourth-order valence-corrected chi connectivity index (χ4v) is 2.04. The Kier molecular flexibility index (Phi) is 5.57. The minimum absolute atomic E-state index is 0.206. The van der Waals surface area contributed by atoms with Crippen LogP contribution in [0, 0.1) is 0 Å². The standard InChI is InChI=1S/C15H15ClN2O4/c16-10-3-1-4-11(7-10)18-14(19)8-13(15(20)21)17-9-12-5-2-6-22-12/h1-7,13,17H,8-9H2,(H,18,19)(H,20,21). The SMILES string of the molecule is O=C(CC(NCc1ccco1)C(=O)O)Nc1cccc(Cl)c1. The molecule has 0 aliphatic heterocycles. The van der Waals surface area contributed by atoms with Crippen LogP contribution in [0.3, 0.4) is 0 Å². The third kappa shape index (κ3) is 4.91. The zero-order chi connectivity index (χ0) is 15.9. The van der Waals surface area contributed by atoms with E-state index in [9.17, 15) is 9.59 Å². The first kappa shape index (κ1) is 16.1. The number of furan rings is 1. The van der Waals surface area contributed by atoms with Gasteiger partial charge in [0.25, 0.3) is 0 Å². The van der Waals surface area contributed by atoms with Crippen LogP contribution >= 0.6 is 11.6 Å². The molecule has 0 spiro atoms. The lowest BCUT2D eigenvalue weighted by molar-refractivity contribution is -0.141. The number of nitrogens with one attached hydrogen (secondary N) is 2. The van der Waals surface area contributed by atoms with Gasteiger partial charge in [-0.05, 0) is 30.3 Å². The normalized spacial score (nSPS) is 11.9. The number of benzene rings is 1. The lowest BCUT2D eigenvalue weighted by Gasteiger charge is -2.13. The molecule has 1 amide bonds. The predicted molar refractivity (Wildman–Crippen MR) is 81.7 cm³/mol. The molecule has 2 rings (SSSR count). The number of carboxylic acid groups (broad SMARTS) is 1. The van der Waals surface area contributed by atoms with Crippen LogP contribution < -0.4 is 10.6 Å². The molecule has 0 aliphatic carbocycles. The Morgan fingerprint density at radius 1 is 1.27 bits per heavy atom. The Balaban J connectivity index is 1.89. The van der Waals surface area contributed by atoms with Crippen molar-refractivity contribution in [3.63, 3.8) is 0 Å². The van der Waals surface area contributed by atoms with Gasteiger partial charge in [0.1, 0.15) is 11.8 Å². The Hall–Kier alpha value is -2.31. The molecule has 0 bridgehead atoms. The van der Waals surface area contributed by atoms with Gasteiger partial charge in [0.15, 0.2) is 0 Å². The number of carbonyl (C=O) groups is 2. The molecule has 0 saturated heterocycles. The summed E-state index contributed by atoms with van der Waals surface area (Å²) in [6.45, 7) is 0.231. The summed E-state index contributed by atoms with van der Waals surface area (Å²) >= 11 is 5.82. The smallest absolute Gasteiger partial charge is 0.321 e. The topological polar surface area (TPSA) is 91.6 Å². The predicted octanol–water partition coefficient (Wildman–Crippen LogP) is 2.50. The number of anilines is 1. The van der Waals surface area contributed by atoms with Crippen molar-refractivity contribution >= 4 is 29.2 Å². The molecule has 0 radical (unpaired) electrons. The van der Waals surface area contributed by atoms with E-state index in [1.807, 2.05) is 0 Å². The van der Waals surface area contributed by atoms with Gasteiger partial charge in [0.2, 0.25) is 5.91 Å². The molecular formula is C15H15ClN2O4. The van der Waals surface area contributed by atoms with Gasteiger partial charge >= 0.3 is 5.97 Å². The van der Waals surface area contributed by atoms with E-state index in [0.717, 1.165) is 0 Å². The zero-order valence-electron chi connectivity index (χ0n) is 11.6. The van der Waals surface area contributed by atoms with E-state index in [1.165, 1.54) is 6.26 Å². The molecule has 0 saturated carbocycles. The van der Waals surface area contributed by atoms with E-state index in [2.05, 4.69) is 10.6 Å². The summed E-state index contributed by atoms with van der Waals surface area (Å²) in [5, 5.41) is 15.0. The van der Waals surface area contributed by atoms with Crippen LogP contribution in [0.4, 0.5) is 5.69 Å². The first-order valence-corrected chi connectivity index (χ1v) is 6.96. The first-order chi connectivity index (χ1) is 10.5. The highest BCUT2D eigenvalue weighted by Crippen LogP contribution is 2.15. The lowest BCUT2D eigenvalue weighted by atomic mass is 10.2.